The Kier molecular flexibility index (Phi) is 3.05. The number of carbonyl (C=O) groups is 1. The van der Waals surface area contributed by atoms with Gasteiger partial charge in [-0.3, -0.25) is 4.79 Å². The molecule has 4 bridgehead atoms. The first-order valence-electron chi connectivity index (χ1n) is 10.3. The van der Waals surface area contributed by atoms with E-state index < -0.39 is 5.60 Å². The summed E-state index contributed by atoms with van der Waals surface area (Å²) in [5.41, 5.74) is 1.72. The van der Waals surface area contributed by atoms with Crippen molar-refractivity contribution in [1.29, 1.82) is 0 Å². The Morgan fingerprint density at radius 1 is 1.29 bits per heavy atom. The molecule has 1 aromatic rings. The molecule has 0 amide bonds. The van der Waals surface area contributed by atoms with E-state index in [0.717, 1.165) is 37.3 Å². The molecule has 3 unspecified atom stereocenters. The minimum atomic E-state index is -0.716. The van der Waals surface area contributed by atoms with E-state index in [2.05, 4.69) is 30.2 Å². The number of fused-ring (bicyclic) bond motifs is 1. The van der Waals surface area contributed by atoms with Gasteiger partial charge in [-0.25, -0.2) is 0 Å². The Morgan fingerprint density at radius 3 is 2.82 bits per heavy atom. The third-order valence-corrected chi connectivity index (χ3v) is 8.77. The molecule has 5 nitrogen and oxygen atoms in total. The number of benzene rings is 1. The lowest BCUT2D eigenvalue weighted by Crippen LogP contribution is -2.79. The van der Waals surface area contributed by atoms with Crippen LogP contribution in [0.15, 0.2) is 24.3 Å². The molecule has 1 saturated carbocycles. The van der Waals surface area contributed by atoms with E-state index in [0.29, 0.717) is 6.04 Å². The zero-order valence-corrected chi connectivity index (χ0v) is 17.0. The van der Waals surface area contributed by atoms with Gasteiger partial charge in [0.2, 0.25) is 0 Å². The van der Waals surface area contributed by atoms with Gasteiger partial charge < -0.3 is 19.1 Å². The van der Waals surface area contributed by atoms with Crippen LogP contribution in [0.4, 0.5) is 0 Å². The number of Topliss-reactive ketones (excluding diaryl/α,β-unsaturated/α-hetero) is 1. The van der Waals surface area contributed by atoms with Crippen LogP contribution in [0.5, 0.6) is 11.5 Å². The smallest absolute Gasteiger partial charge is 0.166 e. The Hall–Kier alpha value is -1.85. The monoisotopic (exact) mass is 381 g/mol. The van der Waals surface area contributed by atoms with Crippen LogP contribution in [0.3, 0.4) is 0 Å². The molecule has 2 heterocycles. The second kappa shape index (κ2) is 5.00. The van der Waals surface area contributed by atoms with Gasteiger partial charge >= 0.3 is 0 Å². The molecule has 4 aliphatic carbocycles. The maximum Gasteiger partial charge on any atom is 0.166 e. The minimum absolute atomic E-state index is 0.105. The summed E-state index contributed by atoms with van der Waals surface area (Å²) in [4.78, 5) is 15.3. The molecule has 0 radical (unpaired) electrons. The maximum atomic E-state index is 12.8. The second-order valence-corrected chi connectivity index (χ2v) is 9.35. The predicted octanol–water partition coefficient (Wildman–Crippen LogP) is 2.50. The molecule has 0 aromatic heterocycles. The first kappa shape index (κ1) is 17.0. The number of piperidine rings is 1. The largest absolute Gasteiger partial charge is 0.493 e. The highest BCUT2D eigenvalue weighted by atomic mass is 16.6. The van der Waals surface area contributed by atoms with Gasteiger partial charge in [0.15, 0.2) is 11.5 Å². The molecule has 148 valence electrons. The zero-order chi connectivity index (χ0) is 19.5. The van der Waals surface area contributed by atoms with Crippen molar-refractivity contribution in [2.45, 2.75) is 49.3 Å². The summed E-state index contributed by atoms with van der Waals surface area (Å²) in [7, 11) is 5.67. The molecule has 2 aliphatic heterocycles. The SMILES string of the molecule is COc1ccc2c3c1OC1[C@@]4(OC)C=CC5(C[C@@H]4C(C)=O)C(C2)N(C)CC[C@]315. The average molecular weight is 381 g/mol. The van der Waals surface area contributed by atoms with Crippen molar-refractivity contribution in [3.8, 4) is 11.5 Å². The molecule has 6 aliphatic rings. The van der Waals surface area contributed by atoms with Crippen molar-refractivity contribution in [3.05, 3.63) is 35.4 Å². The number of ketones is 1. The topological polar surface area (TPSA) is 48.0 Å². The number of nitrogens with zero attached hydrogens (tertiary/aromatic N) is 1. The third kappa shape index (κ3) is 1.49. The van der Waals surface area contributed by atoms with Crippen LogP contribution >= 0.6 is 0 Å². The van der Waals surface area contributed by atoms with Crippen LogP contribution in [-0.2, 0) is 21.4 Å². The summed E-state index contributed by atoms with van der Waals surface area (Å²) in [5.74, 6) is 1.68. The van der Waals surface area contributed by atoms with Gasteiger partial charge in [0.05, 0.1) is 18.4 Å². The fraction of sp³-hybridized carbons (Fsp3) is 0.609. The Labute approximate surface area is 165 Å². The van der Waals surface area contributed by atoms with Gasteiger partial charge in [-0.1, -0.05) is 18.2 Å². The molecule has 5 heteroatoms. The summed E-state index contributed by atoms with van der Waals surface area (Å²) in [5, 5.41) is 0. The van der Waals surface area contributed by atoms with Crippen molar-refractivity contribution >= 4 is 5.78 Å². The van der Waals surface area contributed by atoms with Crippen LogP contribution < -0.4 is 9.47 Å². The Morgan fingerprint density at radius 2 is 2.11 bits per heavy atom. The standard InChI is InChI=1S/C23H27NO4/c1-13(25)15-12-21-7-8-23(15,27-4)20-22(21)9-10-24(2)17(21)11-14-5-6-16(26-3)19(28-20)18(14)22/h5-8,15,17,20H,9-12H2,1-4H3/t15-,17?,20?,21?,22+,23-/m1/s1. The lowest BCUT2D eigenvalue weighted by atomic mass is 9.37. The van der Waals surface area contributed by atoms with E-state index in [1.807, 2.05) is 6.07 Å². The summed E-state index contributed by atoms with van der Waals surface area (Å²) in [6.07, 6.45) is 7.19. The summed E-state index contributed by atoms with van der Waals surface area (Å²) in [6.45, 7) is 2.74. The first-order valence-corrected chi connectivity index (χ1v) is 10.3. The Bertz CT molecular complexity index is 941. The van der Waals surface area contributed by atoms with Crippen molar-refractivity contribution in [2.24, 2.45) is 11.3 Å². The van der Waals surface area contributed by atoms with Gasteiger partial charge in [0.1, 0.15) is 17.5 Å². The van der Waals surface area contributed by atoms with Gasteiger partial charge in [0, 0.05) is 24.1 Å². The van der Waals surface area contributed by atoms with Crippen LogP contribution in [0, 0.1) is 11.3 Å². The number of likely N-dealkylation sites (tertiary alicyclic amines) is 1. The maximum absolute atomic E-state index is 12.8. The predicted molar refractivity (Wildman–Crippen MR) is 104 cm³/mol. The van der Waals surface area contributed by atoms with Gasteiger partial charge in [-0.2, -0.15) is 0 Å². The first-order chi connectivity index (χ1) is 13.4. The van der Waals surface area contributed by atoms with E-state index in [-0.39, 0.29) is 28.6 Å². The molecule has 0 N–H and O–H groups in total. The van der Waals surface area contributed by atoms with Crippen LogP contribution in [0.1, 0.15) is 30.9 Å². The van der Waals surface area contributed by atoms with Crippen molar-refractivity contribution in [3.63, 3.8) is 0 Å². The van der Waals surface area contributed by atoms with Crippen LogP contribution in [-0.4, -0.2) is 56.2 Å². The summed E-state index contributed by atoms with van der Waals surface area (Å²) < 4.78 is 18.7. The molecular formula is C23H27NO4. The number of hydrogen-bond acceptors (Lipinski definition) is 5. The van der Waals surface area contributed by atoms with Crippen molar-refractivity contribution in [1.82, 2.24) is 4.90 Å². The zero-order valence-electron chi connectivity index (χ0n) is 17.0. The van der Waals surface area contributed by atoms with E-state index in [1.54, 1.807) is 21.1 Å². The number of ether oxygens (including phenoxy) is 3. The average Bonchev–Trinajstić information content (AvgIpc) is 3.07. The molecule has 2 fully saturated rings. The van der Waals surface area contributed by atoms with E-state index in [1.165, 1.54) is 11.1 Å². The van der Waals surface area contributed by atoms with Gasteiger partial charge in [0.25, 0.3) is 0 Å². The van der Waals surface area contributed by atoms with E-state index >= 15 is 0 Å². The normalized spacial score (nSPS) is 44.2. The minimum Gasteiger partial charge on any atom is -0.493 e. The molecule has 28 heavy (non-hydrogen) atoms. The molecule has 1 aromatic carbocycles. The molecule has 6 atom stereocenters. The fourth-order valence-electron chi connectivity index (χ4n) is 7.67. The van der Waals surface area contributed by atoms with Gasteiger partial charge in [-0.05, 0) is 51.4 Å². The number of carbonyl (C=O) groups excluding carboxylic acids is 1. The number of rotatable bonds is 3. The highest BCUT2D eigenvalue weighted by Gasteiger charge is 2.79. The number of likely N-dealkylation sites (N-methyl/N-ethyl adjacent to an activating group) is 1. The molecule has 1 saturated heterocycles. The van der Waals surface area contributed by atoms with Crippen LogP contribution in [0.2, 0.25) is 0 Å². The Balaban J connectivity index is 1.72. The van der Waals surface area contributed by atoms with Gasteiger partial charge in [-0.15, -0.1) is 0 Å². The quantitative estimate of drug-likeness (QED) is 0.753. The molecule has 7 rings (SSSR count). The second-order valence-electron chi connectivity index (χ2n) is 9.35. The van der Waals surface area contributed by atoms with Crippen LogP contribution in [0.25, 0.3) is 0 Å². The number of hydrogen-bond donors (Lipinski definition) is 0. The highest BCUT2D eigenvalue weighted by molar-refractivity contribution is 5.82. The van der Waals surface area contributed by atoms with Crippen molar-refractivity contribution in [2.75, 3.05) is 27.8 Å². The summed E-state index contributed by atoms with van der Waals surface area (Å²) in [6, 6.07) is 4.62. The summed E-state index contributed by atoms with van der Waals surface area (Å²) >= 11 is 0. The number of methoxy groups -OCH3 is 2. The lowest BCUT2D eigenvalue weighted by Gasteiger charge is -2.70. The fourth-order valence-corrected chi connectivity index (χ4v) is 7.67. The molecule has 2 spiro atoms. The van der Waals surface area contributed by atoms with E-state index in [4.69, 9.17) is 14.2 Å². The van der Waals surface area contributed by atoms with Crippen molar-refractivity contribution < 1.29 is 19.0 Å². The highest BCUT2D eigenvalue weighted by Crippen LogP contribution is 2.74. The third-order valence-electron chi connectivity index (χ3n) is 8.77. The lowest BCUT2D eigenvalue weighted by molar-refractivity contribution is -0.212. The van der Waals surface area contributed by atoms with E-state index in [9.17, 15) is 4.79 Å². The molecular weight excluding hydrogens is 354 g/mol.